The average molecular weight is 322 g/mol. The van der Waals surface area contributed by atoms with E-state index in [1.807, 2.05) is 19.9 Å². The molecule has 7 nitrogen and oxygen atoms in total. The van der Waals surface area contributed by atoms with Crippen molar-refractivity contribution in [2.45, 2.75) is 19.6 Å². The van der Waals surface area contributed by atoms with Crippen LogP contribution in [0.25, 0.3) is 0 Å². The normalized spacial score (nSPS) is 11.4. The molecule has 0 aliphatic heterocycles. The summed E-state index contributed by atoms with van der Waals surface area (Å²) < 4.78 is 25.3. The number of nitrogens with zero attached hydrogens (tertiary/aromatic N) is 4. The highest BCUT2D eigenvalue weighted by Gasteiger charge is 2.21. The average Bonchev–Trinajstić information content (AvgIpc) is 2.99. The highest BCUT2D eigenvalue weighted by molar-refractivity contribution is 7.89. The second-order valence-electron chi connectivity index (χ2n) is 4.70. The van der Waals surface area contributed by atoms with Crippen LogP contribution >= 0.6 is 0 Å². The molecule has 0 spiro atoms. The van der Waals surface area contributed by atoms with E-state index in [-0.39, 0.29) is 17.4 Å². The molecule has 2 rings (SSSR count). The molecule has 22 heavy (non-hydrogen) atoms. The van der Waals surface area contributed by atoms with Crippen molar-refractivity contribution in [3.05, 3.63) is 47.8 Å². The molecule has 0 bridgehead atoms. The lowest BCUT2D eigenvalue weighted by molar-refractivity contribution is 0.0767. The Morgan fingerprint density at radius 3 is 2.41 bits per heavy atom. The van der Waals surface area contributed by atoms with Gasteiger partial charge in [-0.05, 0) is 19.4 Å². The Labute approximate surface area is 129 Å². The molecule has 118 valence electrons. The minimum atomic E-state index is -3.69. The van der Waals surface area contributed by atoms with E-state index in [2.05, 4.69) is 10.3 Å². The van der Waals surface area contributed by atoms with Crippen molar-refractivity contribution in [3.63, 3.8) is 0 Å². The lowest BCUT2D eigenvalue weighted by Gasteiger charge is -2.16. The smallest absolute Gasteiger partial charge is 0.276 e. The topological polar surface area (TPSA) is 85.2 Å². The highest BCUT2D eigenvalue weighted by Crippen LogP contribution is 2.09. The van der Waals surface area contributed by atoms with E-state index in [1.54, 1.807) is 29.2 Å². The van der Waals surface area contributed by atoms with Crippen LogP contribution < -0.4 is 0 Å². The van der Waals surface area contributed by atoms with Crippen LogP contribution in [0.15, 0.2) is 36.5 Å². The Bertz CT molecular complexity index is 736. The van der Waals surface area contributed by atoms with Gasteiger partial charge in [0.05, 0.1) is 11.9 Å². The monoisotopic (exact) mass is 322 g/mol. The van der Waals surface area contributed by atoms with Crippen molar-refractivity contribution in [1.29, 1.82) is 0 Å². The molecular formula is C14H18N4O3S. The Morgan fingerprint density at radius 2 is 1.82 bits per heavy atom. The van der Waals surface area contributed by atoms with Gasteiger partial charge in [0.25, 0.3) is 15.9 Å². The third-order valence-electron chi connectivity index (χ3n) is 3.22. The van der Waals surface area contributed by atoms with Gasteiger partial charge in [0.1, 0.15) is 0 Å². The number of hydrogen-bond donors (Lipinski definition) is 0. The Hall–Kier alpha value is -2.22. The second-order valence-corrected chi connectivity index (χ2v) is 6.52. The minimum absolute atomic E-state index is 0.0281. The number of carbonyl (C=O) groups excluding carboxylic acids is 1. The van der Waals surface area contributed by atoms with E-state index in [9.17, 15) is 13.2 Å². The summed E-state index contributed by atoms with van der Waals surface area (Å²) in [6, 6.07) is 8.78. The zero-order chi connectivity index (χ0) is 16.2. The predicted octanol–water partition coefficient (Wildman–Crippen LogP) is 1.14. The van der Waals surface area contributed by atoms with Gasteiger partial charge in [-0.25, -0.2) is 8.42 Å². The molecular weight excluding hydrogens is 304 g/mol. The molecule has 0 saturated carbocycles. The summed E-state index contributed by atoms with van der Waals surface area (Å²) in [5.41, 5.74) is 0.676. The van der Waals surface area contributed by atoms with Crippen molar-refractivity contribution in [3.8, 4) is 0 Å². The maximum atomic E-state index is 12.3. The largest absolute Gasteiger partial charge is 0.338 e. The molecule has 1 aromatic heterocycles. The van der Waals surface area contributed by atoms with E-state index in [0.29, 0.717) is 18.7 Å². The molecule has 0 fully saturated rings. The first kappa shape index (κ1) is 16.2. The van der Waals surface area contributed by atoms with E-state index in [1.165, 1.54) is 6.20 Å². The third kappa shape index (κ3) is 3.51. The van der Waals surface area contributed by atoms with Gasteiger partial charge in [0.15, 0.2) is 5.69 Å². The summed E-state index contributed by atoms with van der Waals surface area (Å²) in [5, 5.41) is 7.27. The number of rotatable bonds is 6. The molecule has 8 heteroatoms. The van der Waals surface area contributed by atoms with Crippen LogP contribution in [-0.4, -0.2) is 46.7 Å². The number of hydrogen-bond acceptors (Lipinski definition) is 5. The zero-order valence-corrected chi connectivity index (χ0v) is 13.3. The van der Waals surface area contributed by atoms with Crippen molar-refractivity contribution >= 4 is 15.9 Å². The molecule has 0 unspecified atom stereocenters. The Balaban J connectivity index is 2.22. The lowest BCUT2D eigenvalue weighted by atomic mass is 10.2. The molecule has 0 radical (unpaired) electrons. The first-order valence-corrected chi connectivity index (χ1v) is 8.57. The summed E-state index contributed by atoms with van der Waals surface area (Å²) >= 11 is 0. The number of amides is 1. The van der Waals surface area contributed by atoms with Gasteiger partial charge in [0.2, 0.25) is 0 Å². The van der Waals surface area contributed by atoms with Gasteiger partial charge in [-0.2, -0.15) is 0 Å². The number of aromatic nitrogens is 3. The first-order chi connectivity index (χ1) is 10.5. The van der Waals surface area contributed by atoms with E-state index >= 15 is 0 Å². The Kier molecular flexibility index (Phi) is 4.92. The van der Waals surface area contributed by atoms with Crippen LogP contribution in [0.3, 0.4) is 0 Å². The van der Waals surface area contributed by atoms with Crippen LogP contribution in [0.4, 0.5) is 0 Å². The fourth-order valence-electron chi connectivity index (χ4n) is 2.01. The molecule has 1 heterocycles. The summed E-state index contributed by atoms with van der Waals surface area (Å²) in [6.07, 6.45) is 1.17. The molecule has 1 amide bonds. The number of benzene rings is 1. The zero-order valence-electron chi connectivity index (χ0n) is 12.5. The van der Waals surface area contributed by atoms with Crippen molar-refractivity contribution in [2.75, 3.05) is 13.1 Å². The molecule has 0 saturated heterocycles. The van der Waals surface area contributed by atoms with E-state index in [0.717, 1.165) is 4.09 Å². The molecule has 0 N–H and O–H groups in total. The lowest BCUT2D eigenvalue weighted by Crippen LogP contribution is -2.30. The molecule has 0 aliphatic rings. The van der Waals surface area contributed by atoms with Gasteiger partial charge in [0, 0.05) is 13.1 Å². The number of carbonyl (C=O) groups is 1. The van der Waals surface area contributed by atoms with Gasteiger partial charge in [-0.3, -0.25) is 4.79 Å². The van der Waals surface area contributed by atoms with Crippen LogP contribution in [0.1, 0.15) is 29.9 Å². The fourth-order valence-corrected chi connectivity index (χ4v) is 3.16. The van der Waals surface area contributed by atoms with Crippen molar-refractivity contribution in [2.24, 2.45) is 0 Å². The maximum absolute atomic E-state index is 12.3. The molecule has 1 aromatic carbocycles. The minimum Gasteiger partial charge on any atom is -0.338 e. The van der Waals surface area contributed by atoms with Gasteiger partial charge < -0.3 is 4.90 Å². The molecule has 2 aromatic rings. The maximum Gasteiger partial charge on any atom is 0.276 e. The van der Waals surface area contributed by atoms with E-state index in [4.69, 9.17) is 0 Å². The summed E-state index contributed by atoms with van der Waals surface area (Å²) in [5.74, 6) is -0.526. The van der Waals surface area contributed by atoms with Crippen LogP contribution in [-0.2, 0) is 15.8 Å². The standard InChI is InChI=1S/C14H18N4O3S/c1-3-17(4-2)14(19)13-10-18(16-15-13)22(20,21)11-12-8-6-5-7-9-12/h5-10H,3-4,11H2,1-2H3. The van der Waals surface area contributed by atoms with Crippen LogP contribution in [0.2, 0.25) is 0 Å². The summed E-state index contributed by atoms with van der Waals surface area (Å²) in [4.78, 5) is 13.7. The Morgan fingerprint density at radius 1 is 1.18 bits per heavy atom. The third-order valence-corrected chi connectivity index (χ3v) is 4.67. The van der Waals surface area contributed by atoms with Crippen molar-refractivity contribution < 1.29 is 13.2 Å². The summed E-state index contributed by atoms with van der Waals surface area (Å²) in [6.45, 7) is 4.74. The fraction of sp³-hybridized carbons (Fsp3) is 0.357. The van der Waals surface area contributed by atoms with Gasteiger partial charge >= 0.3 is 0 Å². The second kappa shape index (κ2) is 6.69. The van der Waals surface area contributed by atoms with E-state index < -0.39 is 10.0 Å². The SMILES string of the molecule is CCN(CC)C(=O)c1cn(S(=O)(=O)Cc2ccccc2)nn1. The molecule has 0 atom stereocenters. The van der Waals surface area contributed by atoms with Crippen LogP contribution in [0, 0.1) is 0 Å². The highest BCUT2D eigenvalue weighted by atomic mass is 32.2. The molecule has 0 aliphatic carbocycles. The van der Waals surface area contributed by atoms with Gasteiger partial charge in [-0.15, -0.1) is 9.19 Å². The van der Waals surface area contributed by atoms with Crippen molar-refractivity contribution in [1.82, 2.24) is 19.3 Å². The van der Waals surface area contributed by atoms with Gasteiger partial charge in [-0.1, -0.05) is 35.5 Å². The predicted molar refractivity (Wildman–Crippen MR) is 81.7 cm³/mol. The van der Waals surface area contributed by atoms with Crippen LogP contribution in [0.5, 0.6) is 0 Å². The quantitative estimate of drug-likeness (QED) is 0.796. The summed E-state index contributed by atoms with van der Waals surface area (Å²) in [7, 11) is -3.69. The first-order valence-electron chi connectivity index (χ1n) is 6.96.